The first-order valence-electron chi connectivity index (χ1n) is 7.26. The molecule has 3 heteroatoms. The lowest BCUT2D eigenvalue weighted by molar-refractivity contribution is 0.0789. The fraction of sp³-hybridized carbons (Fsp3) is 0.625. The highest BCUT2D eigenvalue weighted by atomic mass is 35.5. The van der Waals surface area contributed by atoms with Crippen LogP contribution in [0.3, 0.4) is 0 Å². The summed E-state index contributed by atoms with van der Waals surface area (Å²) in [6, 6.07) is 8.18. The van der Waals surface area contributed by atoms with Crippen LogP contribution in [-0.2, 0) is 0 Å². The molecule has 2 N–H and O–H groups in total. The van der Waals surface area contributed by atoms with Gasteiger partial charge in [-0.25, -0.2) is 0 Å². The third-order valence-electron chi connectivity index (χ3n) is 4.40. The zero-order valence-corrected chi connectivity index (χ0v) is 12.4. The topological polar surface area (TPSA) is 32.3 Å². The van der Waals surface area contributed by atoms with E-state index >= 15 is 0 Å². The SMILES string of the molecule is C[C@H](NCC1(CO)CCCCC1)c1ccccc1Cl. The van der Waals surface area contributed by atoms with E-state index in [1.807, 2.05) is 18.2 Å². The molecule has 0 bridgehead atoms. The van der Waals surface area contributed by atoms with E-state index in [0.717, 1.165) is 30.0 Å². The lowest BCUT2D eigenvalue weighted by atomic mass is 9.74. The Morgan fingerprint density at radius 3 is 2.58 bits per heavy atom. The molecule has 0 aliphatic heterocycles. The van der Waals surface area contributed by atoms with Crippen LogP contribution in [0.4, 0.5) is 0 Å². The summed E-state index contributed by atoms with van der Waals surface area (Å²) in [6.45, 7) is 3.29. The summed E-state index contributed by atoms with van der Waals surface area (Å²) < 4.78 is 0. The molecule has 1 fully saturated rings. The number of nitrogens with one attached hydrogen (secondary N) is 1. The molecular formula is C16H24ClNO. The van der Waals surface area contributed by atoms with Gasteiger partial charge in [0.1, 0.15) is 0 Å². The number of rotatable bonds is 5. The highest BCUT2D eigenvalue weighted by Crippen LogP contribution is 2.36. The molecule has 2 nitrogen and oxygen atoms in total. The lowest BCUT2D eigenvalue weighted by Gasteiger charge is -2.36. The number of benzene rings is 1. The first-order chi connectivity index (χ1) is 9.17. The molecule has 0 heterocycles. The summed E-state index contributed by atoms with van der Waals surface area (Å²) in [5.41, 5.74) is 1.21. The zero-order valence-electron chi connectivity index (χ0n) is 11.7. The van der Waals surface area contributed by atoms with Crippen molar-refractivity contribution in [2.45, 2.75) is 45.1 Å². The van der Waals surface area contributed by atoms with Gasteiger partial charge in [-0.1, -0.05) is 49.1 Å². The monoisotopic (exact) mass is 281 g/mol. The van der Waals surface area contributed by atoms with E-state index in [2.05, 4.69) is 18.3 Å². The van der Waals surface area contributed by atoms with E-state index in [4.69, 9.17) is 11.6 Å². The minimum Gasteiger partial charge on any atom is -0.396 e. The third-order valence-corrected chi connectivity index (χ3v) is 4.75. The predicted octanol–water partition coefficient (Wildman–Crippen LogP) is 3.93. The Morgan fingerprint density at radius 2 is 1.95 bits per heavy atom. The van der Waals surface area contributed by atoms with Gasteiger partial charge in [0.15, 0.2) is 0 Å². The molecule has 0 unspecified atom stereocenters. The number of hydrogen-bond donors (Lipinski definition) is 2. The van der Waals surface area contributed by atoms with Crippen LogP contribution in [0.5, 0.6) is 0 Å². The smallest absolute Gasteiger partial charge is 0.0499 e. The van der Waals surface area contributed by atoms with Crippen molar-refractivity contribution < 1.29 is 5.11 Å². The summed E-state index contributed by atoms with van der Waals surface area (Å²) in [5, 5.41) is 14.1. The maximum Gasteiger partial charge on any atom is 0.0499 e. The molecule has 1 aromatic carbocycles. The van der Waals surface area contributed by atoms with Crippen LogP contribution in [0.25, 0.3) is 0 Å². The molecule has 106 valence electrons. The second-order valence-corrected chi connectivity index (χ2v) is 6.25. The van der Waals surface area contributed by atoms with Crippen molar-refractivity contribution in [2.75, 3.05) is 13.2 Å². The van der Waals surface area contributed by atoms with Crippen molar-refractivity contribution in [3.8, 4) is 0 Å². The molecule has 1 aliphatic carbocycles. The van der Waals surface area contributed by atoms with Crippen LogP contribution in [0.2, 0.25) is 5.02 Å². The minimum atomic E-state index is 0.0771. The van der Waals surface area contributed by atoms with Gasteiger partial charge in [-0.3, -0.25) is 0 Å². The molecule has 0 radical (unpaired) electrons. The lowest BCUT2D eigenvalue weighted by Crippen LogP contribution is -2.40. The second-order valence-electron chi connectivity index (χ2n) is 5.84. The van der Waals surface area contributed by atoms with Gasteiger partial charge in [0, 0.05) is 29.6 Å². The molecule has 2 rings (SSSR count). The van der Waals surface area contributed by atoms with Crippen molar-refractivity contribution in [1.82, 2.24) is 5.32 Å². The number of aliphatic hydroxyl groups excluding tert-OH is 1. The van der Waals surface area contributed by atoms with E-state index in [-0.39, 0.29) is 18.1 Å². The Hall–Kier alpha value is -0.570. The Morgan fingerprint density at radius 1 is 1.26 bits per heavy atom. The van der Waals surface area contributed by atoms with Gasteiger partial charge >= 0.3 is 0 Å². The van der Waals surface area contributed by atoms with Crippen molar-refractivity contribution in [3.05, 3.63) is 34.9 Å². The quantitative estimate of drug-likeness (QED) is 0.857. The number of hydrogen-bond acceptors (Lipinski definition) is 2. The van der Waals surface area contributed by atoms with Crippen LogP contribution in [-0.4, -0.2) is 18.3 Å². The molecule has 0 spiro atoms. The van der Waals surface area contributed by atoms with Crippen molar-refractivity contribution in [3.63, 3.8) is 0 Å². The van der Waals surface area contributed by atoms with Crippen molar-refractivity contribution in [2.24, 2.45) is 5.41 Å². The molecule has 1 aromatic rings. The molecule has 19 heavy (non-hydrogen) atoms. The van der Waals surface area contributed by atoms with Crippen LogP contribution >= 0.6 is 11.6 Å². The average Bonchev–Trinajstić information content (AvgIpc) is 2.46. The largest absolute Gasteiger partial charge is 0.396 e. The van der Waals surface area contributed by atoms with Crippen molar-refractivity contribution in [1.29, 1.82) is 0 Å². The number of aliphatic hydroxyl groups is 1. The fourth-order valence-corrected chi connectivity index (χ4v) is 3.30. The Kier molecular flexibility index (Phi) is 5.26. The summed E-state index contributed by atoms with van der Waals surface area (Å²) in [7, 11) is 0. The highest BCUT2D eigenvalue weighted by Gasteiger charge is 2.31. The van der Waals surface area contributed by atoms with Gasteiger partial charge in [0.2, 0.25) is 0 Å². The fourth-order valence-electron chi connectivity index (χ4n) is 3.00. The highest BCUT2D eigenvalue weighted by molar-refractivity contribution is 6.31. The van der Waals surface area contributed by atoms with E-state index in [1.54, 1.807) is 0 Å². The summed E-state index contributed by atoms with van der Waals surface area (Å²) in [4.78, 5) is 0. The third kappa shape index (κ3) is 3.71. The molecule has 0 aromatic heterocycles. The van der Waals surface area contributed by atoms with Gasteiger partial charge < -0.3 is 10.4 Å². The second kappa shape index (κ2) is 6.74. The van der Waals surface area contributed by atoms with Crippen LogP contribution in [0.15, 0.2) is 24.3 Å². The van der Waals surface area contributed by atoms with E-state index in [9.17, 15) is 5.11 Å². The Balaban J connectivity index is 1.95. The van der Waals surface area contributed by atoms with Crippen molar-refractivity contribution >= 4 is 11.6 Å². The van der Waals surface area contributed by atoms with Gasteiger partial charge in [-0.15, -0.1) is 0 Å². The normalized spacial score (nSPS) is 20.2. The summed E-state index contributed by atoms with van der Waals surface area (Å²) >= 11 is 6.22. The predicted molar refractivity (Wildman–Crippen MR) is 80.5 cm³/mol. The number of halogens is 1. The maximum absolute atomic E-state index is 9.71. The average molecular weight is 282 g/mol. The summed E-state index contributed by atoms with van der Waals surface area (Å²) in [6.07, 6.45) is 6.05. The molecule has 0 amide bonds. The molecule has 1 saturated carbocycles. The van der Waals surface area contributed by atoms with Crippen LogP contribution in [0.1, 0.15) is 50.6 Å². The van der Waals surface area contributed by atoms with E-state index in [1.165, 1.54) is 19.3 Å². The molecule has 0 saturated heterocycles. The first kappa shape index (κ1) is 14.8. The van der Waals surface area contributed by atoms with Gasteiger partial charge in [0.25, 0.3) is 0 Å². The van der Waals surface area contributed by atoms with Crippen LogP contribution < -0.4 is 5.32 Å². The first-order valence-corrected chi connectivity index (χ1v) is 7.63. The standard InChI is InChI=1S/C16H24ClNO/c1-13(14-7-3-4-8-15(14)17)18-11-16(12-19)9-5-2-6-10-16/h3-4,7-8,13,18-19H,2,5-6,9-12H2,1H3/t13-/m0/s1. The molecule has 1 aliphatic rings. The van der Waals surface area contributed by atoms with Gasteiger partial charge in [-0.2, -0.15) is 0 Å². The Bertz CT molecular complexity index is 401. The molecule has 1 atom stereocenters. The Labute approximate surface area is 121 Å². The minimum absolute atomic E-state index is 0.0771. The maximum atomic E-state index is 9.71. The molecular weight excluding hydrogens is 258 g/mol. The van der Waals surface area contributed by atoms with Gasteiger partial charge in [-0.05, 0) is 31.4 Å². The zero-order chi connectivity index (χ0) is 13.7. The van der Waals surface area contributed by atoms with E-state index in [0.29, 0.717) is 0 Å². The van der Waals surface area contributed by atoms with Crippen LogP contribution in [0, 0.1) is 5.41 Å². The summed E-state index contributed by atoms with van der Waals surface area (Å²) in [5.74, 6) is 0. The van der Waals surface area contributed by atoms with E-state index < -0.39 is 0 Å². The van der Waals surface area contributed by atoms with Gasteiger partial charge in [0.05, 0.1) is 0 Å².